The molecule has 0 unspecified atom stereocenters. The summed E-state index contributed by atoms with van der Waals surface area (Å²) in [5.74, 6) is 1.95. The van der Waals surface area contributed by atoms with Crippen LogP contribution in [0.1, 0.15) is 43.5 Å². The van der Waals surface area contributed by atoms with Gasteiger partial charge in [-0.25, -0.2) is 0 Å². The van der Waals surface area contributed by atoms with Crippen molar-refractivity contribution in [3.05, 3.63) is 17.7 Å². The minimum absolute atomic E-state index is 0.0801. The van der Waals surface area contributed by atoms with Crippen LogP contribution in [0.25, 0.3) is 0 Å². The predicted octanol–water partition coefficient (Wildman–Crippen LogP) is 3.72. The first kappa shape index (κ1) is 16.3. The zero-order valence-electron chi connectivity index (χ0n) is 13.0. The molecule has 1 rings (SSSR count). The summed E-state index contributed by atoms with van der Waals surface area (Å²) in [6.45, 7) is 4.21. The molecular formula is C16H24O4. The van der Waals surface area contributed by atoms with E-state index in [0.29, 0.717) is 35.2 Å². The lowest BCUT2D eigenvalue weighted by Gasteiger charge is -2.16. The van der Waals surface area contributed by atoms with Crippen molar-refractivity contribution in [2.24, 2.45) is 5.92 Å². The maximum absolute atomic E-state index is 12.4. The molecule has 0 spiro atoms. The lowest BCUT2D eigenvalue weighted by atomic mass is 9.93. The van der Waals surface area contributed by atoms with Crippen LogP contribution >= 0.6 is 0 Å². The van der Waals surface area contributed by atoms with Crippen LogP contribution in [0.3, 0.4) is 0 Å². The normalized spacial score (nSPS) is 10.5. The molecule has 0 aliphatic carbocycles. The van der Waals surface area contributed by atoms with E-state index in [1.165, 1.54) is 14.2 Å². The summed E-state index contributed by atoms with van der Waals surface area (Å²) in [5, 5.41) is 0. The number of Topliss-reactive ketones (excluding diaryl/α,β-unsaturated/α-hetero) is 1. The molecule has 4 heteroatoms. The minimum atomic E-state index is 0.0801. The number of benzene rings is 1. The van der Waals surface area contributed by atoms with Crippen LogP contribution in [0, 0.1) is 5.92 Å². The topological polar surface area (TPSA) is 44.8 Å². The molecule has 20 heavy (non-hydrogen) atoms. The Kier molecular flexibility index (Phi) is 6.36. The van der Waals surface area contributed by atoms with Gasteiger partial charge in [-0.1, -0.05) is 26.7 Å². The zero-order chi connectivity index (χ0) is 15.1. The van der Waals surface area contributed by atoms with Gasteiger partial charge in [0.25, 0.3) is 0 Å². The monoisotopic (exact) mass is 280 g/mol. The Morgan fingerprint density at radius 3 is 2.05 bits per heavy atom. The van der Waals surface area contributed by atoms with E-state index >= 15 is 0 Å². The number of hydrogen-bond donors (Lipinski definition) is 0. The van der Waals surface area contributed by atoms with Gasteiger partial charge in [0, 0.05) is 6.42 Å². The maximum Gasteiger partial charge on any atom is 0.204 e. The highest BCUT2D eigenvalue weighted by atomic mass is 16.5. The van der Waals surface area contributed by atoms with Crippen molar-refractivity contribution in [2.45, 2.75) is 33.1 Å². The standard InChI is InChI=1S/C16H24O4/c1-6-11(7-2)10-13(17)12-8-9-14(18-3)16(20-5)15(12)19-4/h8-9,11H,6-7,10H2,1-5H3. The summed E-state index contributed by atoms with van der Waals surface area (Å²) in [6.07, 6.45) is 2.52. The van der Waals surface area contributed by atoms with Crippen LogP contribution in [-0.4, -0.2) is 27.1 Å². The van der Waals surface area contributed by atoms with Gasteiger partial charge in [-0.2, -0.15) is 0 Å². The van der Waals surface area contributed by atoms with Gasteiger partial charge < -0.3 is 14.2 Å². The second-order valence-corrected chi connectivity index (χ2v) is 4.69. The fourth-order valence-corrected chi connectivity index (χ4v) is 2.27. The van der Waals surface area contributed by atoms with E-state index in [-0.39, 0.29) is 5.78 Å². The number of methoxy groups -OCH3 is 3. The fourth-order valence-electron chi connectivity index (χ4n) is 2.27. The third kappa shape index (κ3) is 3.44. The van der Waals surface area contributed by atoms with Crippen molar-refractivity contribution < 1.29 is 19.0 Å². The third-order valence-electron chi connectivity index (χ3n) is 3.63. The van der Waals surface area contributed by atoms with Gasteiger partial charge in [0.05, 0.1) is 26.9 Å². The number of rotatable bonds is 8. The Bertz CT molecular complexity index is 450. The Morgan fingerprint density at radius 1 is 1.00 bits per heavy atom. The Hall–Kier alpha value is -1.71. The number of ether oxygens (including phenoxy) is 3. The Labute approximate surface area is 121 Å². The van der Waals surface area contributed by atoms with E-state index in [4.69, 9.17) is 14.2 Å². The molecule has 1 aromatic rings. The maximum atomic E-state index is 12.4. The molecule has 0 fully saturated rings. The molecule has 0 aromatic heterocycles. The van der Waals surface area contributed by atoms with Crippen molar-refractivity contribution in [2.75, 3.05) is 21.3 Å². The van der Waals surface area contributed by atoms with Gasteiger partial charge >= 0.3 is 0 Å². The van der Waals surface area contributed by atoms with E-state index in [1.807, 2.05) is 0 Å². The summed E-state index contributed by atoms with van der Waals surface area (Å²) < 4.78 is 15.9. The quantitative estimate of drug-likeness (QED) is 0.681. The van der Waals surface area contributed by atoms with E-state index < -0.39 is 0 Å². The van der Waals surface area contributed by atoms with Crippen molar-refractivity contribution in [1.29, 1.82) is 0 Å². The number of hydrogen-bond acceptors (Lipinski definition) is 4. The van der Waals surface area contributed by atoms with Crippen LogP contribution in [-0.2, 0) is 0 Å². The smallest absolute Gasteiger partial charge is 0.204 e. The molecule has 112 valence electrons. The van der Waals surface area contributed by atoms with Gasteiger partial charge in [0.2, 0.25) is 5.75 Å². The average molecular weight is 280 g/mol. The zero-order valence-corrected chi connectivity index (χ0v) is 13.0. The minimum Gasteiger partial charge on any atom is -0.493 e. The van der Waals surface area contributed by atoms with Crippen LogP contribution in [0.15, 0.2) is 12.1 Å². The SMILES string of the molecule is CCC(CC)CC(=O)c1ccc(OC)c(OC)c1OC. The molecule has 1 aromatic carbocycles. The molecule has 4 nitrogen and oxygen atoms in total. The summed E-state index contributed by atoms with van der Waals surface area (Å²) in [6, 6.07) is 3.48. The molecule has 0 atom stereocenters. The number of carbonyl (C=O) groups excluding carboxylic acids is 1. The van der Waals surface area contributed by atoms with Crippen molar-refractivity contribution in [3.8, 4) is 17.2 Å². The molecule has 0 N–H and O–H groups in total. The van der Waals surface area contributed by atoms with Crippen molar-refractivity contribution >= 4 is 5.78 Å². The van der Waals surface area contributed by atoms with E-state index in [2.05, 4.69) is 13.8 Å². The lowest BCUT2D eigenvalue weighted by molar-refractivity contribution is 0.0955. The van der Waals surface area contributed by atoms with Crippen LogP contribution < -0.4 is 14.2 Å². The Morgan fingerprint density at radius 2 is 1.60 bits per heavy atom. The van der Waals surface area contributed by atoms with Crippen molar-refractivity contribution in [3.63, 3.8) is 0 Å². The van der Waals surface area contributed by atoms with Crippen LogP contribution in [0.4, 0.5) is 0 Å². The molecule has 0 aliphatic rings. The lowest BCUT2D eigenvalue weighted by Crippen LogP contribution is -2.10. The van der Waals surface area contributed by atoms with Gasteiger partial charge in [-0.15, -0.1) is 0 Å². The largest absolute Gasteiger partial charge is 0.493 e. The van der Waals surface area contributed by atoms with E-state index in [9.17, 15) is 4.79 Å². The highest BCUT2D eigenvalue weighted by molar-refractivity contribution is 6.00. The molecule has 0 radical (unpaired) electrons. The van der Waals surface area contributed by atoms with E-state index in [0.717, 1.165) is 12.8 Å². The first-order chi connectivity index (χ1) is 9.62. The van der Waals surface area contributed by atoms with Gasteiger partial charge in [-0.3, -0.25) is 4.79 Å². The number of carbonyl (C=O) groups is 1. The molecule has 0 saturated carbocycles. The fraction of sp³-hybridized carbons (Fsp3) is 0.562. The highest BCUT2D eigenvalue weighted by Gasteiger charge is 2.22. The molecule has 0 amide bonds. The Balaban J connectivity index is 3.14. The average Bonchev–Trinajstić information content (AvgIpc) is 2.50. The first-order valence-electron chi connectivity index (χ1n) is 6.94. The third-order valence-corrected chi connectivity index (χ3v) is 3.63. The number of ketones is 1. The van der Waals surface area contributed by atoms with Crippen molar-refractivity contribution in [1.82, 2.24) is 0 Å². The van der Waals surface area contributed by atoms with Gasteiger partial charge in [0.15, 0.2) is 17.3 Å². The summed E-state index contributed by atoms with van der Waals surface area (Å²) in [7, 11) is 4.63. The van der Waals surface area contributed by atoms with Gasteiger partial charge in [0.1, 0.15) is 0 Å². The highest BCUT2D eigenvalue weighted by Crippen LogP contribution is 2.40. The van der Waals surface area contributed by atoms with Gasteiger partial charge in [-0.05, 0) is 18.1 Å². The summed E-state index contributed by atoms with van der Waals surface area (Å²) >= 11 is 0. The molecule has 0 bridgehead atoms. The second-order valence-electron chi connectivity index (χ2n) is 4.69. The van der Waals surface area contributed by atoms with Crippen LogP contribution in [0.5, 0.6) is 17.2 Å². The molecular weight excluding hydrogens is 256 g/mol. The summed E-state index contributed by atoms with van der Waals surface area (Å²) in [5.41, 5.74) is 0.553. The second kappa shape index (κ2) is 7.78. The van der Waals surface area contributed by atoms with E-state index in [1.54, 1.807) is 19.2 Å². The predicted molar refractivity (Wildman–Crippen MR) is 79.1 cm³/mol. The molecule has 0 saturated heterocycles. The summed E-state index contributed by atoms with van der Waals surface area (Å²) in [4.78, 5) is 12.4. The first-order valence-corrected chi connectivity index (χ1v) is 6.94. The van der Waals surface area contributed by atoms with Crippen LogP contribution in [0.2, 0.25) is 0 Å². The molecule has 0 heterocycles. The molecule has 0 aliphatic heterocycles.